The van der Waals surface area contributed by atoms with E-state index < -0.39 is 33.2 Å². The quantitative estimate of drug-likeness (QED) is 0.214. The number of benzene rings is 3. The average Bonchev–Trinajstić information content (AvgIpc) is 2.93. The highest BCUT2D eigenvalue weighted by molar-refractivity contribution is 7.89. The largest absolute Gasteiger partial charge is 0.331 e. The molecule has 0 aliphatic heterocycles. The minimum absolute atomic E-state index is 0.0525. The summed E-state index contributed by atoms with van der Waals surface area (Å²) in [5, 5.41) is 10.1. The van der Waals surface area contributed by atoms with Crippen molar-refractivity contribution in [2.75, 3.05) is 0 Å². The van der Waals surface area contributed by atoms with Gasteiger partial charge in [0.2, 0.25) is 10.0 Å². The molecule has 0 radical (unpaired) electrons. The zero-order valence-corrected chi connectivity index (χ0v) is 21.9. The second-order valence-corrected chi connectivity index (χ2v) is 10.8. The molecule has 0 fully saturated rings. The van der Waals surface area contributed by atoms with E-state index in [1.807, 2.05) is 0 Å². The number of carbonyl (C=O) groups is 1. The summed E-state index contributed by atoms with van der Waals surface area (Å²) in [5.74, 6) is -0.967. The van der Waals surface area contributed by atoms with Crippen molar-refractivity contribution in [3.63, 3.8) is 0 Å². The standard InChI is InChI=1S/C26H25ClN4O6S/c1-30-23-7-3-2-5-21(23)25(33)31(26(30)34)16-4-6-22(24(32)28-35)29-38(36,37)20-14-10-18(11-15-20)17-8-12-19(27)13-9-17/h2-3,5,7-15,22,29,35H,4,6,16H2,1H3,(H,28,32)/t22-/m1/s1. The number of hydrogen-bond donors (Lipinski definition) is 3. The van der Waals surface area contributed by atoms with Crippen LogP contribution in [0.15, 0.2) is 87.3 Å². The second-order valence-electron chi connectivity index (χ2n) is 8.64. The Hall–Kier alpha value is -3.77. The van der Waals surface area contributed by atoms with Gasteiger partial charge in [-0.05, 0) is 60.4 Å². The molecule has 0 unspecified atom stereocenters. The van der Waals surface area contributed by atoms with E-state index in [1.54, 1.807) is 67.7 Å². The third kappa shape index (κ3) is 5.70. The van der Waals surface area contributed by atoms with Gasteiger partial charge in [0.05, 0.1) is 15.8 Å². The minimum atomic E-state index is -4.14. The molecule has 0 aliphatic carbocycles. The number of nitrogens with zero attached hydrogens (tertiary/aromatic N) is 2. The van der Waals surface area contributed by atoms with Crippen molar-refractivity contribution in [3.8, 4) is 11.1 Å². The highest BCUT2D eigenvalue weighted by atomic mass is 35.5. The van der Waals surface area contributed by atoms with Gasteiger partial charge in [-0.2, -0.15) is 4.72 Å². The number of hydrogen-bond acceptors (Lipinski definition) is 6. The van der Waals surface area contributed by atoms with Crippen LogP contribution < -0.4 is 21.5 Å². The molecular formula is C26H25ClN4O6S. The van der Waals surface area contributed by atoms with Gasteiger partial charge in [-0.25, -0.2) is 18.7 Å². The molecule has 10 nitrogen and oxygen atoms in total. The lowest BCUT2D eigenvalue weighted by molar-refractivity contribution is -0.131. The van der Waals surface area contributed by atoms with Gasteiger partial charge in [-0.3, -0.25) is 23.9 Å². The van der Waals surface area contributed by atoms with E-state index in [0.29, 0.717) is 15.9 Å². The number of sulfonamides is 1. The highest BCUT2D eigenvalue weighted by Crippen LogP contribution is 2.23. The summed E-state index contributed by atoms with van der Waals surface area (Å²) >= 11 is 5.92. The summed E-state index contributed by atoms with van der Waals surface area (Å²) in [7, 11) is -2.59. The number of nitrogens with one attached hydrogen (secondary N) is 2. The second kappa shape index (κ2) is 11.3. The summed E-state index contributed by atoms with van der Waals surface area (Å²) in [5.41, 5.74) is 2.57. The molecule has 1 heterocycles. The lowest BCUT2D eigenvalue weighted by Gasteiger charge is -2.17. The van der Waals surface area contributed by atoms with Crippen molar-refractivity contribution in [3.05, 3.63) is 98.7 Å². The fourth-order valence-corrected chi connectivity index (χ4v) is 5.52. The third-order valence-electron chi connectivity index (χ3n) is 6.20. The molecule has 1 amide bonds. The molecule has 0 bridgehead atoms. The fraction of sp³-hybridized carbons (Fsp3) is 0.192. The van der Waals surface area contributed by atoms with Crippen LogP contribution in [0.5, 0.6) is 0 Å². The Labute approximate surface area is 223 Å². The summed E-state index contributed by atoms with van der Waals surface area (Å²) < 4.78 is 30.7. The zero-order valence-electron chi connectivity index (χ0n) is 20.3. The number of hydroxylamine groups is 1. The molecule has 0 saturated carbocycles. The molecule has 38 heavy (non-hydrogen) atoms. The number of carbonyl (C=O) groups excluding carboxylic acids is 1. The number of fused-ring (bicyclic) bond motifs is 1. The number of aromatic nitrogens is 2. The zero-order chi connectivity index (χ0) is 27.4. The molecule has 3 aromatic carbocycles. The first kappa shape index (κ1) is 27.3. The van der Waals surface area contributed by atoms with Crippen LogP contribution in [0.3, 0.4) is 0 Å². The first-order valence-electron chi connectivity index (χ1n) is 11.6. The molecule has 3 N–H and O–H groups in total. The van der Waals surface area contributed by atoms with Gasteiger partial charge in [0.1, 0.15) is 6.04 Å². The van der Waals surface area contributed by atoms with Crippen LogP contribution in [0.4, 0.5) is 0 Å². The van der Waals surface area contributed by atoms with Crippen molar-refractivity contribution in [2.45, 2.75) is 30.3 Å². The normalized spacial score (nSPS) is 12.4. The molecule has 4 aromatic rings. The average molecular weight is 557 g/mol. The monoisotopic (exact) mass is 556 g/mol. The maximum Gasteiger partial charge on any atom is 0.331 e. The van der Waals surface area contributed by atoms with Crippen molar-refractivity contribution >= 4 is 38.4 Å². The molecule has 1 aromatic heterocycles. The van der Waals surface area contributed by atoms with Crippen LogP contribution in [0.25, 0.3) is 22.0 Å². The Morgan fingerprint density at radius 2 is 1.58 bits per heavy atom. The van der Waals surface area contributed by atoms with Crippen molar-refractivity contribution in [1.29, 1.82) is 0 Å². The Morgan fingerprint density at radius 1 is 0.974 bits per heavy atom. The Kier molecular flexibility index (Phi) is 8.12. The predicted octanol–water partition coefficient (Wildman–Crippen LogP) is 2.65. The molecule has 4 rings (SSSR count). The Balaban J connectivity index is 1.50. The van der Waals surface area contributed by atoms with Gasteiger partial charge in [-0.15, -0.1) is 0 Å². The summed E-state index contributed by atoms with van der Waals surface area (Å²) in [6, 6.07) is 18.5. The van der Waals surface area contributed by atoms with E-state index in [2.05, 4.69) is 4.72 Å². The number of para-hydroxylation sites is 1. The van der Waals surface area contributed by atoms with Crippen LogP contribution in [-0.2, 0) is 28.4 Å². The molecule has 198 valence electrons. The van der Waals surface area contributed by atoms with E-state index in [-0.39, 0.29) is 24.3 Å². The van der Waals surface area contributed by atoms with Gasteiger partial charge in [0.25, 0.3) is 11.5 Å². The minimum Gasteiger partial charge on any atom is -0.296 e. The Bertz CT molecular complexity index is 1700. The lowest BCUT2D eigenvalue weighted by atomic mass is 10.1. The van der Waals surface area contributed by atoms with Crippen LogP contribution in [0.1, 0.15) is 12.8 Å². The maximum absolute atomic E-state index is 13.0. The molecular weight excluding hydrogens is 532 g/mol. The number of aryl methyl sites for hydroxylation is 1. The van der Waals surface area contributed by atoms with E-state index in [0.717, 1.165) is 15.7 Å². The fourth-order valence-electron chi connectivity index (χ4n) is 4.16. The van der Waals surface area contributed by atoms with Crippen LogP contribution >= 0.6 is 11.6 Å². The van der Waals surface area contributed by atoms with E-state index in [9.17, 15) is 22.8 Å². The van der Waals surface area contributed by atoms with Gasteiger partial charge < -0.3 is 0 Å². The van der Waals surface area contributed by atoms with Crippen LogP contribution in [0, 0.1) is 0 Å². The maximum atomic E-state index is 13.0. The Morgan fingerprint density at radius 3 is 2.21 bits per heavy atom. The predicted molar refractivity (Wildman–Crippen MR) is 144 cm³/mol. The van der Waals surface area contributed by atoms with E-state index in [4.69, 9.17) is 16.8 Å². The molecule has 0 aliphatic rings. The topological polar surface area (TPSA) is 140 Å². The van der Waals surface area contributed by atoms with Crippen LogP contribution in [0.2, 0.25) is 5.02 Å². The van der Waals surface area contributed by atoms with Gasteiger partial charge in [0.15, 0.2) is 0 Å². The van der Waals surface area contributed by atoms with Crippen molar-refractivity contribution < 1.29 is 18.4 Å². The first-order chi connectivity index (χ1) is 18.1. The van der Waals surface area contributed by atoms with Gasteiger partial charge in [-0.1, -0.05) is 48.0 Å². The third-order valence-corrected chi connectivity index (χ3v) is 7.94. The van der Waals surface area contributed by atoms with Gasteiger partial charge in [0, 0.05) is 18.6 Å². The molecule has 12 heteroatoms. The lowest BCUT2D eigenvalue weighted by Crippen LogP contribution is -2.46. The van der Waals surface area contributed by atoms with Crippen LogP contribution in [-0.4, -0.2) is 34.7 Å². The van der Waals surface area contributed by atoms with Gasteiger partial charge >= 0.3 is 5.69 Å². The van der Waals surface area contributed by atoms with Crippen molar-refractivity contribution in [1.82, 2.24) is 19.3 Å². The summed E-state index contributed by atoms with van der Waals surface area (Å²) in [4.78, 5) is 37.7. The highest BCUT2D eigenvalue weighted by Gasteiger charge is 2.25. The van der Waals surface area contributed by atoms with Crippen molar-refractivity contribution in [2.24, 2.45) is 7.05 Å². The first-order valence-corrected chi connectivity index (χ1v) is 13.5. The number of halogens is 1. The van der Waals surface area contributed by atoms with E-state index in [1.165, 1.54) is 22.2 Å². The molecule has 0 saturated heterocycles. The molecule has 1 atom stereocenters. The van der Waals surface area contributed by atoms with E-state index >= 15 is 0 Å². The number of amides is 1. The SMILES string of the molecule is Cn1c(=O)n(CCC[C@@H](NS(=O)(=O)c2ccc(-c3ccc(Cl)cc3)cc2)C(=O)NO)c(=O)c2ccccc21. The number of rotatable bonds is 9. The smallest absolute Gasteiger partial charge is 0.296 e. The summed E-state index contributed by atoms with van der Waals surface area (Å²) in [6.07, 6.45) is 0.0144. The summed E-state index contributed by atoms with van der Waals surface area (Å²) in [6.45, 7) is -0.0525. The molecule has 0 spiro atoms.